The number of likely N-dealkylation sites (N-methyl/N-ethyl adjacent to an activating group) is 1. The molecule has 2 aromatic carbocycles. The fourth-order valence-electron chi connectivity index (χ4n) is 5.52. The standard InChI is InChI=1S/C32H46N4O4/c1-33-18-20-34(21-19-33)25-31(37)36-17-11-4-3-10-16-35(22-23-39-2)32(38)29-14-8-9-15-30(29)40-26-28(36)24-27-12-6-5-7-13-27/h5-9,12-15,28H,3-4,10-11,16-26H2,1-2H3/t28-/m0/s1. The van der Waals surface area contributed by atoms with Gasteiger partial charge in [-0.3, -0.25) is 14.5 Å². The molecule has 2 aromatic rings. The highest BCUT2D eigenvalue weighted by atomic mass is 16.5. The van der Waals surface area contributed by atoms with Crippen molar-refractivity contribution in [3.63, 3.8) is 0 Å². The van der Waals surface area contributed by atoms with Crippen LogP contribution in [0.15, 0.2) is 54.6 Å². The minimum Gasteiger partial charge on any atom is -0.491 e. The van der Waals surface area contributed by atoms with Gasteiger partial charge in [-0.15, -0.1) is 0 Å². The normalized spacial score (nSPS) is 20.4. The number of ether oxygens (including phenoxy) is 2. The first-order valence-electron chi connectivity index (χ1n) is 14.8. The van der Waals surface area contributed by atoms with Crippen LogP contribution in [0.4, 0.5) is 0 Å². The number of piperazine rings is 1. The monoisotopic (exact) mass is 550 g/mol. The van der Waals surface area contributed by atoms with Crippen molar-refractivity contribution in [1.82, 2.24) is 19.6 Å². The van der Waals surface area contributed by atoms with Gasteiger partial charge in [0.2, 0.25) is 5.91 Å². The molecule has 4 rings (SSSR count). The molecule has 2 heterocycles. The highest BCUT2D eigenvalue weighted by Gasteiger charge is 2.28. The smallest absolute Gasteiger partial charge is 0.257 e. The van der Waals surface area contributed by atoms with Crippen molar-refractivity contribution >= 4 is 11.8 Å². The summed E-state index contributed by atoms with van der Waals surface area (Å²) in [5.74, 6) is 0.695. The zero-order chi connectivity index (χ0) is 28.2. The highest BCUT2D eigenvalue weighted by Crippen LogP contribution is 2.23. The fourth-order valence-corrected chi connectivity index (χ4v) is 5.52. The van der Waals surface area contributed by atoms with Crippen molar-refractivity contribution in [2.75, 3.05) is 79.7 Å². The number of hydrogen-bond acceptors (Lipinski definition) is 6. The van der Waals surface area contributed by atoms with Gasteiger partial charge in [-0.05, 0) is 44.0 Å². The van der Waals surface area contributed by atoms with Crippen LogP contribution in [0.25, 0.3) is 0 Å². The van der Waals surface area contributed by atoms with E-state index in [-0.39, 0.29) is 17.9 Å². The number of para-hydroxylation sites is 1. The van der Waals surface area contributed by atoms with Crippen LogP contribution >= 0.6 is 0 Å². The van der Waals surface area contributed by atoms with Crippen LogP contribution in [0.2, 0.25) is 0 Å². The fraction of sp³-hybridized carbons (Fsp3) is 0.562. The average molecular weight is 551 g/mol. The van der Waals surface area contributed by atoms with Crippen molar-refractivity contribution in [3.05, 3.63) is 65.7 Å². The Kier molecular flexibility index (Phi) is 11.8. The molecule has 218 valence electrons. The van der Waals surface area contributed by atoms with Crippen LogP contribution in [0.5, 0.6) is 5.75 Å². The van der Waals surface area contributed by atoms with Gasteiger partial charge in [0.15, 0.2) is 0 Å². The Morgan fingerprint density at radius 3 is 2.35 bits per heavy atom. The minimum atomic E-state index is -0.141. The minimum absolute atomic E-state index is 0.0349. The maximum Gasteiger partial charge on any atom is 0.257 e. The molecule has 1 fully saturated rings. The number of rotatable bonds is 7. The molecule has 0 unspecified atom stereocenters. The van der Waals surface area contributed by atoms with Crippen LogP contribution in [0.1, 0.15) is 41.6 Å². The molecule has 0 aliphatic carbocycles. The van der Waals surface area contributed by atoms with E-state index in [9.17, 15) is 9.59 Å². The van der Waals surface area contributed by atoms with E-state index in [1.807, 2.05) is 47.4 Å². The lowest BCUT2D eigenvalue weighted by Gasteiger charge is -2.36. The molecule has 0 spiro atoms. The number of amides is 2. The predicted octanol–water partition coefficient (Wildman–Crippen LogP) is 3.42. The Bertz CT molecular complexity index is 1060. The third kappa shape index (κ3) is 8.78. The number of benzene rings is 2. The summed E-state index contributed by atoms with van der Waals surface area (Å²) in [5.41, 5.74) is 1.73. The van der Waals surface area contributed by atoms with Gasteiger partial charge in [-0.1, -0.05) is 55.3 Å². The molecule has 0 radical (unpaired) electrons. The summed E-state index contributed by atoms with van der Waals surface area (Å²) in [7, 11) is 3.79. The third-order valence-electron chi connectivity index (χ3n) is 8.01. The van der Waals surface area contributed by atoms with Gasteiger partial charge >= 0.3 is 0 Å². The number of hydrogen-bond donors (Lipinski definition) is 0. The Morgan fingerprint density at radius 2 is 1.60 bits per heavy atom. The molecule has 8 nitrogen and oxygen atoms in total. The molecule has 40 heavy (non-hydrogen) atoms. The van der Waals surface area contributed by atoms with Gasteiger partial charge < -0.3 is 24.2 Å². The molecule has 0 bridgehead atoms. The Balaban J connectivity index is 1.59. The summed E-state index contributed by atoms with van der Waals surface area (Å²) in [6.45, 7) is 6.98. The summed E-state index contributed by atoms with van der Waals surface area (Å²) in [6.07, 6.45) is 4.58. The van der Waals surface area contributed by atoms with Crippen LogP contribution in [0, 0.1) is 0 Å². The first kappa shape index (κ1) is 30.0. The second-order valence-electron chi connectivity index (χ2n) is 11.0. The van der Waals surface area contributed by atoms with Crippen molar-refractivity contribution in [2.45, 2.75) is 38.1 Å². The lowest BCUT2D eigenvalue weighted by atomic mass is 10.0. The molecular weight excluding hydrogens is 504 g/mol. The van der Waals surface area contributed by atoms with E-state index in [4.69, 9.17) is 9.47 Å². The van der Waals surface area contributed by atoms with E-state index in [1.165, 1.54) is 5.56 Å². The van der Waals surface area contributed by atoms with Crippen LogP contribution < -0.4 is 4.74 Å². The van der Waals surface area contributed by atoms with Gasteiger partial charge in [0.1, 0.15) is 12.4 Å². The number of fused-ring (bicyclic) bond motifs is 1. The topological polar surface area (TPSA) is 65.6 Å². The van der Waals surface area contributed by atoms with Gasteiger partial charge in [0, 0.05) is 52.9 Å². The summed E-state index contributed by atoms with van der Waals surface area (Å²) in [5, 5.41) is 0. The number of carbonyl (C=O) groups excluding carboxylic acids is 2. The maximum atomic E-state index is 13.9. The van der Waals surface area contributed by atoms with E-state index in [0.717, 1.165) is 51.9 Å². The van der Waals surface area contributed by atoms with Gasteiger partial charge in [0.25, 0.3) is 5.91 Å². The second kappa shape index (κ2) is 15.7. The van der Waals surface area contributed by atoms with Crippen LogP contribution in [-0.4, -0.2) is 117 Å². The molecule has 2 aliphatic rings. The average Bonchev–Trinajstić information content (AvgIpc) is 2.97. The molecule has 0 aromatic heterocycles. The number of carbonyl (C=O) groups is 2. The molecule has 2 amide bonds. The second-order valence-corrected chi connectivity index (χ2v) is 11.0. The molecule has 0 saturated carbocycles. The van der Waals surface area contributed by atoms with E-state index in [2.05, 4.69) is 33.9 Å². The first-order chi connectivity index (χ1) is 19.5. The van der Waals surface area contributed by atoms with Crippen LogP contribution in [0.3, 0.4) is 0 Å². The van der Waals surface area contributed by atoms with E-state index >= 15 is 0 Å². The summed E-state index contributed by atoms with van der Waals surface area (Å²) in [4.78, 5) is 36.0. The van der Waals surface area contributed by atoms with Gasteiger partial charge in [-0.25, -0.2) is 0 Å². The molecule has 1 saturated heterocycles. The van der Waals surface area contributed by atoms with E-state index in [1.54, 1.807) is 7.11 Å². The predicted molar refractivity (Wildman–Crippen MR) is 158 cm³/mol. The summed E-state index contributed by atoms with van der Waals surface area (Å²) >= 11 is 0. The van der Waals surface area contributed by atoms with Crippen molar-refractivity contribution in [2.24, 2.45) is 0 Å². The quantitative estimate of drug-likeness (QED) is 0.527. The lowest BCUT2D eigenvalue weighted by Crippen LogP contribution is -2.52. The Hall–Kier alpha value is -2.94. The molecule has 2 aliphatic heterocycles. The van der Waals surface area contributed by atoms with Crippen molar-refractivity contribution < 1.29 is 19.1 Å². The largest absolute Gasteiger partial charge is 0.491 e. The molecular formula is C32H46N4O4. The van der Waals surface area contributed by atoms with Gasteiger partial charge in [0.05, 0.1) is 24.8 Å². The first-order valence-corrected chi connectivity index (χ1v) is 14.8. The summed E-state index contributed by atoms with van der Waals surface area (Å²) in [6, 6.07) is 17.7. The number of nitrogens with zero attached hydrogens (tertiary/aromatic N) is 4. The third-order valence-corrected chi connectivity index (χ3v) is 8.01. The van der Waals surface area contributed by atoms with Crippen molar-refractivity contribution in [3.8, 4) is 5.75 Å². The Labute approximate surface area is 239 Å². The zero-order valence-electron chi connectivity index (χ0n) is 24.3. The van der Waals surface area contributed by atoms with Crippen molar-refractivity contribution in [1.29, 1.82) is 0 Å². The molecule has 1 atom stereocenters. The zero-order valence-corrected chi connectivity index (χ0v) is 24.3. The number of methoxy groups -OCH3 is 1. The SMILES string of the molecule is COCCN1CCCCCCN(C(=O)CN2CCN(C)CC2)[C@@H](Cc2ccccc2)COc2ccccc2C1=O. The lowest BCUT2D eigenvalue weighted by molar-refractivity contribution is -0.136. The van der Waals surface area contributed by atoms with E-state index in [0.29, 0.717) is 57.1 Å². The van der Waals surface area contributed by atoms with Gasteiger partial charge in [-0.2, -0.15) is 0 Å². The highest BCUT2D eigenvalue weighted by molar-refractivity contribution is 5.97. The Morgan fingerprint density at radius 1 is 0.900 bits per heavy atom. The molecule has 8 heteroatoms. The molecule has 0 N–H and O–H groups in total. The van der Waals surface area contributed by atoms with E-state index < -0.39 is 0 Å². The van der Waals surface area contributed by atoms with Crippen LogP contribution in [-0.2, 0) is 16.0 Å². The summed E-state index contributed by atoms with van der Waals surface area (Å²) < 4.78 is 11.7. The maximum absolute atomic E-state index is 13.9.